The molecule has 0 amide bonds. The molecular weight excluding hydrogens is 324 g/mol. The first-order valence-electron chi connectivity index (χ1n) is 7.30. The minimum atomic E-state index is 0.0704. The molecule has 0 radical (unpaired) electrons. The molecular formula is C18H23BrN2. The first-order chi connectivity index (χ1) is 10.1. The van der Waals surface area contributed by atoms with E-state index in [1.54, 1.807) is 0 Å². The highest BCUT2D eigenvalue weighted by Gasteiger charge is 2.10. The summed E-state index contributed by atoms with van der Waals surface area (Å²) in [5, 5.41) is 0. The molecule has 0 heterocycles. The number of hydrogen-bond donors (Lipinski definition) is 1. The van der Waals surface area contributed by atoms with Crippen molar-refractivity contribution in [2.45, 2.75) is 25.9 Å². The summed E-state index contributed by atoms with van der Waals surface area (Å²) in [6.07, 6.45) is 0.949. The Morgan fingerprint density at radius 2 is 1.76 bits per heavy atom. The lowest BCUT2D eigenvalue weighted by molar-refractivity contribution is 0.311. The average Bonchev–Trinajstić information content (AvgIpc) is 2.48. The fraction of sp³-hybridized carbons (Fsp3) is 0.333. The van der Waals surface area contributed by atoms with Crippen LogP contribution in [0.25, 0.3) is 0 Å². The Labute approximate surface area is 136 Å². The zero-order valence-electron chi connectivity index (χ0n) is 12.7. The maximum atomic E-state index is 6.30. The lowest BCUT2D eigenvalue weighted by atomic mass is 10.0. The highest BCUT2D eigenvalue weighted by molar-refractivity contribution is 9.10. The van der Waals surface area contributed by atoms with Crippen molar-refractivity contribution in [1.82, 2.24) is 4.90 Å². The lowest BCUT2D eigenvalue weighted by Crippen LogP contribution is -2.23. The Morgan fingerprint density at radius 3 is 2.43 bits per heavy atom. The zero-order chi connectivity index (χ0) is 15.2. The van der Waals surface area contributed by atoms with Gasteiger partial charge in [0.15, 0.2) is 0 Å². The van der Waals surface area contributed by atoms with E-state index in [0.717, 1.165) is 24.0 Å². The van der Waals surface area contributed by atoms with Crippen LogP contribution in [0.5, 0.6) is 0 Å². The largest absolute Gasteiger partial charge is 0.324 e. The Kier molecular flexibility index (Phi) is 5.97. The van der Waals surface area contributed by atoms with Gasteiger partial charge in [0, 0.05) is 17.1 Å². The smallest absolute Gasteiger partial charge is 0.0318 e. The van der Waals surface area contributed by atoms with Gasteiger partial charge in [-0.2, -0.15) is 0 Å². The maximum absolute atomic E-state index is 6.30. The van der Waals surface area contributed by atoms with Gasteiger partial charge in [-0.1, -0.05) is 64.0 Å². The Morgan fingerprint density at radius 1 is 1.10 bits per heavy atom. The second-order valence-electron chi connectivity index (χ2n) is 5.64. The number of aryl methyl sites for hydroxylation is 1. The van der Waals surface area contributed by atoms with E-state index in [9.17, 15) is 0 Å². The van der Waals surface area contributed by atoms with Gasteiger partial charge in [0.05, 0.1) is 0 Å². The molecule has 0 saturated heterocycles. The number of hydrogen-bond acceptors (Lipinski definition) is 2. The molecule has 0 aliphatic heterocycles. The van der Waals surface area contributed by atoms with Gasteiger partial charge in [-0.3, -0.25) is 0 Å². The summed E-state index contributed by atoms with van der Waals surface area (Å²) in [6.45, 7) is 4.06. The first-order valence-corrected chi connectivity index (χ1v) is 8.09. The van der Waals surface area contributed by atoms with Crippen molar-refractivity contribution in [2.24, 2.45) is 5.73 Å². The van der Waals surface area contributed by atoms with Gasteiger partial charge >= 0.3 is 0 Å². The fourth-order valence-corrected chi connectivity index (χ4v) is 2.95. The van der Waals surface area contributed by atoms with E-state index in [2.05, 4.69) is 65.1 Å². The van der Waals surface area contributed by atoms with Gasteiger partial charge in [0.2, 0.25) is 0 Å². The molecule has 1 atom stereocenters. The zero-order valence-corrected chi connectivity index (χ0v) is 14.3. The molecule has 2 rings (SSSR count). The summed E-state index contributed by atoms with van der Waals surface area (Å²) in [5.41, 5.74) is 10.1. The van der Waals surface area contributed by atoms with Crippen molar-refractivity contribution in [3.63, 3.8) is 0 Å². The van der Waals surface area contributed by atoms with E-state index in [1.165, 1.54) is 16.7 Å². The van der Waals surface area contributed by atoms with Crippen LogP contribution in [-0.4, -0.2) is 18.5 Å². The first kappa shape index (κ1) is 16.2. The summed E-state index contributed by atoms with van der Waals surface area (Å²) in [7, 11) is 2.15. The normalized spacial score (nSPS) is 12.6. The number of nitrogens with zero attached hydrogens (tertiary/aromatic N) is 1. The standard InChI is InChI=1S/C18H23BrN2/c1-14-7-9-15(10-8-14)13-21(2)12-11-18(20)16-5-3-4-6-17(16)19/h3-10,18H,11-13,20H2,1-2H3. The van der Waals surface area contributed by atoms with Crippen LogP contribution in [0.15, 0.2) is 53.0 Å². The van der Waals surface area contributed by atoms with Crippen molar-refractivity contribution < 1.29 is 0 Å². The highest BCUT2D eigenvalue weighted by Crippen LogP contribution is 2.23. The van der Waals surface area contributed by atoms with Gasteiger partial charge in [-0.15, -0.1) is 0 Å². The summed E-state index contributed by atoms with van der Waals surface area (Å²) >= 11 is 3.57. The molecule has 0 aliphatic rings. The van der Waals surface area contributed by atoms with E-state index in [1.807, 2.05) is 18.2 Å². The molecule has 0 saturated carbocycles. The van der Waals surface area contributed by atoms with E-state index in [0.29, 0.717) is 0 Å². The van der Waals surface area contributed by atoms with Crippen LogP contribution in [0.3, 0.4) is 0 Å². The van der Waals surface area contributed by atoms with Gasteiger partial charge in [-0.25, -0.2) is 0 Å². The summed E-state index contributed by atoms with van der Waals surface area (Å²) in [4.78, 5) is 2.32. The van der Waals surface area contributed by atoms with Crippen LogP contribution in [0.1, 0.15) is 29.2 Å². The number of rotatable bonds is 6. The molecule has 0 spiro atoms. The van der Waals surface area contributed by atoms with E-state index in [-0.39, 0.29) is 6.04 Å². The third-order valence-electron chi connectivity index (χ3n) is 3.70. The van der Waals surface area contributed by atoms with Gasteiger partial charge in [0.1, 0.15) is 0 Å². The van der Waals surface area contributed by atoms with Crippen LogP contribution < -0.4 is 5.73 Å². The van der Waals surface area contributed by atoms with E-state index in [4.69, 9.17) is 5.73 Å². The van der Waals surface area contributed by atoms with Gasteiger partial charge in [0.25, 0.3) is 0 Å². The molecule has 112 valence electrons. The molecule has 0 fully saturated rings. The third-order valence-corrected chi connectivity index (χ3v) is 4.42. The molecule has 0 aliphatic carbocycles. The maximum Gasteiger partial charge on any atom is 0.0318 e. The predicted molar refractivity (Wildman–Crippen MR) is 93.2 cm³/mol. The molecule has 0 bridgehead atoms. The van der Waals surface area contributed by atoms with Crippen LogP contribution in [0, 0.1) is 6.92 Å². The Hall–Kier alpha value is -1.16. The second kappa shape index (κ2) is 7.74. The van der Waals surface area contributed by atoms with Crippen LogP contribution >= 0.6 is 15.9 Å². The number of nitrogens with two attached hydrogens (primary N) is 1. The minimum absolute atomic E-state index is 0.0704. The van der Waals surface area contributed by atoms with Crippen molar-refractivity contribution in [3.05, 3.63) is 69.7 Å². The minimum Gasteiger partial charge on any atom is -0.324 e. The summed E-state index contributed by atoms with van der Waals surface area (Å²) < 4.78 is 1.10. The molecule has 2 aromatic rings. The molecule has 2 aromatic carbocycles. The highest BCUT2D eigenvalue weighted by atomic mass is 79.9. The molecule has 21 heavy (non-hydrogen) atoms. The van der Waals surface area contributed by atoms with Crippen LogP contribution in [0.4, 0.5) is 0 Å². The Balaban J connectivity index is 1.85. The lowest BCUT2D eigenvalue weighted by Gasteiger charge is -2.20. The van der Waals surface area contributed by atoms with E-state index < -0.39 is 0 Å². The number of benzene rings is 2. The number of halogens is 1. The van der Waals surface area contributed by atoms with Crippen molar-refractivity contribution >= 4 is 15.9 Å². The van der Waals surface area contributed by atoms with Crippen molar-refractivity contribution in [2.75, 3.05) is 13.6 Å². The van der Waals surface area contributed by atoms with Crippen LogP contribution in [0.2, 0.25) is 0 Å². The summed E-state index contributed by atoms with van der Waals surface area (Å²) in [6, 6.07) is 17.0. The monoisotopic (exact) mass is 346 g/mol. The average molecular weight is 347 g/mol. The van der Waals surface area contributed by atoms with E-state index >= 15 is 0 Å². The predicted octanol–water partition coefficient (Wildman–Crippen LogP) is 4.28. The SMILES string of the molecule is Cc1ccc(CN(C)CCC(N)c2ccccc2Br)cc1. The van der Waals surface area contributed by atoms with Crippen molar-refractivity contribution in [3.8, 4) is 0 Å². The Bertz CT molecular complexity index is 566. The quantitative estimate of drug-likeness (QED) is 0.845. The third kappa shape index (κ3) is 4.95. The topological polar surface area (TPSA) is 29.3 Å². The van der Waals surface area contributed by atoms with Crippen molar-refractivity contribution in [1.29, 1.82) is 0 Å². The summed E-state index contributed by atoms with van der Waals surface area (Å²) in [5.74, 6) is 0. The molecule has 2 nitrogen and oxygen atoms in total. The molecule has 1 unspecified atom stereocenters. The van der Waals surface area contributed by atoms with Gasteiger partial charge < -0.3 is 10.6 Å². The second-order valence-corrected chi connectivity index (χ2v) is 6.49. The molecule has 0 aromatic heterocycles. The molecule has 3 heteroatoms. The van der Waals surface area contributed by atoms with Crippen LogP contribution in [-0.2, 0) is 6.54 Å². The van der Waals surface area contributed by atoms with Gasteiger partial charge in [-0.05, 0) is 44.1 Å². The molecule has 2 N–H and O–H groups in total. The fourth-order valence-electron chi connectivity index (χ4n) is 2.37.